The van der Waals surface area contributed by atoms with Crippen molar-refractivity contribution in [2.75, 3.05) is 6.61 Å². The SMILES string of the molecule is Cc1cccc(C(CO)CC2Cc3cc(F)ccc3O2)c1. The van der Waals surface area contributed by atoms with Crippen LogP contribution in [0.1, 0.15) is 29.0 Å². The molecule has 0 spiro atoms. The Morgan fingerprint density at radius 3 is 2.90 bits per heavy atom. The molecule has 1 N–H and O–H groups in total. The van der Waals surface area contributed by atoms with Crippen LogP contribution in [0.3, 0.4) is 0 Å². The number of hydrogen-bond acceptors (Lipinski definition) is 2. The lowest BCUT2D eigenvalue weighted by atomic mass is 9.91. The van der Waals surface area contributed by atoms with Crippen LogP contribution in [0.4, 0.5) is 4.39 Å². The third-order valence-corrected chi connectivity index (χ3v) is 4.05. The van der Waals surface area contributed by atoms with Crippen molar-refractivity contribution in [1.29, 1.82) is 0 Å². The van der Waals surface area contributed by atoms with Crippen molar-refractivity contribution < 1.29 is 14.2 Å². The summed E-state index contributed by atoms with van der Waals surface area (Å²) in [6.45, 7) is 2.14. The monoisotopic (exact) mass is 286 g/mol. The van der Waals surface area contributed by atoms with Crippen LogP contribution in [0, 0.1) is 12.7 Å². The molecule has 21 heavy (non-hydrogen) atoms. The molecule has 3 heteroatoms. The van der Waals surface area contributed by atoms with Gasteiger partial charge in [-0.3, -0.25) is 0 Å². The Kier molecular flexibility index (Phi) is 3.93. The van der Waals surface area contributed by atoms with Gasteiger partial charge in [-0.05, 0) is 37.1 Å². The lowest BCUT2D eigenvalue weighted by Crippen LogP contribution is -2.19. The molecule has 0 amide bonds. The van der Waals surface area contributed by atoms with Gasteiger partial charge in [-0.15, -0.1) is 0 Å². The summed E-state index contributed by atoms with van der Waals surface area (Å²) >= 11 is 0. The van der Waals surface area contributed by atoms with E-state index in [2.05, 4.69) is 6.07 Å². The molecule has 3 rings (SSSR count). The van der Waals surface area contributed by atoms with Crippen molar-refractivity contribution in [3.05, 3.63) is 65.0 Å². The van der Waals surface area contributed by atoms with E-state index in [1.165, 1.54) is 17.7 Å². The Balaban J connectivity index is 1.72. The maximum atomic E-state index is 13.2. The quantitative estimate of drug-likeness (QED) is 0.930. The molecule has 1 aliphatic heterocycles. The summed E-state index contributed by atoms with van der Waals surface area (Å²) in [5.74, 6) is 0.590. The highest BCUT2D eigenvalue weighted by Crippen LogP contribution is 2.33. The van der Waals surface area contributed by atoms with E-state index in [0.717, 1.165) is 23.3 Å². The molecule has 0 aliphatic carbocycles. The second-order valence-electron chi connectivity index (χ2n) is 5.73. The van der Waals surface area contributed by atoms with Gasteiger partial charge >= 0.3 is 0 Å². The highest BCUT2D eigenvalue weighted by Gasteiger charge is 2.26. The third-order valence-electron chi connectivity index (χ3n) is 4.05. The van der Waals surface area contributed by atoms with Gasteiger partial charge in [0.2, 0.25) is 0 Å². The standard InChI is InChI=1S/C18H19FO2/c1-12-3-2-4-13(7-12)15(11-20)10-17-9-14-8-16(19)5-6-18(14)21-17/h2-8,15,17,20H,9-11H2,1H3. The first-order valence-corrected chi connectivity index (χ1v) is 7.28. The van der Waals surface area contributed by atoms with Crippen molar-refractivity contribution in [2.45, 2.75) is 31.8 Å². The van der Waals surface area contributed by atoms with Gasteiger partial charge in [0, 0.05) is 17.9 Å². The zero-order valence-electron chi connectivity index (χ0n) is 12.1. The Morgan fingerprint density at radius 1 is 1.29 bits per heavy atom. The van der Waals surface area contributed by atoms with Crippen LogP contribution in [0.15, 0.2) is 42.5 Å². The van der Waals surface area contributed by atoms with Crippen LogP contribution in [0.5, 0.6) is 5.75 Å². The molecule has 110 valence electrons. The molecule has 2 aromatic carbocycles. The van der Waals surface area contributed by atoms with E-state index in [1.54, 1.807) is 6.07 Å². The van der Waals surface area contributed by atoms with E-state index < -0.39 is 0 Å². The van der Waals surface area contributed by atoms with E-state index in [0.29, 0.717) is 6.42 Å². The number of fused-ring (bicyclic) bond motifs is 1. The van der Waals surface area contributed by atoms with Crippen molar-refractivity contribution >= 4 is 0 Å². The number of hydrogen-bond donors (Lipinski definition) is 1. The summed E-state index contributed by atoms with van der Waals surface area (Å²) in [7, 11) is 0. The number of aliphatic hydroxyl groups excluding tert-OH is 1. The summed E-state index contributed by atoms with van der Waals surface area (Å²) in [5, 5.41) is 9.68. The summed E-state index contributed by atoms with van der Waals surface area (Å²) in [5.41, 5.74) is 3.23. The highest BCUT2D eigenvalue weighted by atomic mass is 19.1. The van der Waals surface area contributed by atoms with Gasteiger partial charge < -0.3 is 9.84 Å². The highest BCUT2D eigenvalue weighted by molar-refractivity contribution is 5.38. The molecular formula is C18H19FO2. The summed E-state index contributed by atoms with van der Waals surface area (Å²) < 4.78 is 19.1. The van der Waals surface area contributed by atoms with Crippen LogP contribution in [0.2, 0.25) is 0 Å². The molecule has 2 aromatic rings. The Hall–Kier alpha value is -1.87. The van der Waals surface area contributed by atoms with Gasteiger partial charge in [-0.2, -0.15) is 0 Å². The zero-order chi connectivity index (χ0) is 14.8. The molecule has 0 saturated carbocycles. The number of benzene rings is 2. The Bertz CT molecular complexity index is 639. The molecule has 2 unspecified atom stereocenters. The van der Waals surface area contributed by atoms with Gasteiger partial charge in [-0.1, -0.05) is 29.8 Å². The molecule has 0 fully saturated rings. The molecule has 0 aromatic heterocycles. The molecule has 0 bridgehead atoms. The smallest absolute Gasteiger partial charge is 0.123 e. The molecule has 0 saturated heterocycles. The minimum Gasteiger partial charge on any atom is -0.490 e. The van der Waals surface area contributed by atoms with E-state index in [1.807, 2.05) is 25.1 Å². The van der Waals surface area contributed by atoms with Gasteiger partial charge in [0.25, 0.3) is 0 Å². The van der Waals surface area contributed by atoms with Crippen molar-refractivity contribution in [3.63, 3.8) is 0 Å². The van der Waals surface area contributed by atoms with Crippen LogP contribution in [-0.2, 0) is 6.42 Å². The fourth-order valence-corrected chi connectivity index (χ4v) is 2.98. The number of ether oxygens (including phenoxy) is 1. The van der Waals surface area contributed by atoms with E-state index in [9.17, 15) is 9.50 Å². The molecule has 2 atom stereocenters. The second kappa shape index (κ2) is 5.86. The average molecular weight is 286 g/mol. The van der Waals surface area contributed by atoms with Gasteiger partial charge in [-0.25, -0.2) is 4.39 Å². The van der Waals surface area contributed by atoms with Crippen LogP contribution in [-0.4, -0.2) is 17.8 Å². The Labute approximate surface area is 124 Å². The third kappa shape index (κ3) is 3.08. The maximum Gasteiger partial charge on any atom is 0.123 e. The lowest BCUT2D eigenvalue weighted by Gasteiger charge is -2.19. The number of aliphatic hydroxyl groups is 1. The van der Waals surface area contributed by atoms with Crippen LogP contribution < -0.4 is 4.74 Å². The van der Waals surface area contributed by atoms with Crippen LogP contribution in [0.25, 0.3) is 0 Å². The predicted octanol–water partition coefficient (Wildman–Crippen LogP) is 3.60. The first kappa shape index (κ1) is 14.1. The largest absolute Gasteiger partial charge is 0.490 e. The maximum absolute atomic E-state index is 13.2. The minimum absolute atomic E-state index is 0.000498. The normalized spacial score (nSPS) is 18.1. The summed E-state index contributed by atoms with van der Waals surface area (Å²) in [4.78, 5) is 0. The molecule has 2 nitrogen and oxygen atoms in total. The first-order chi connectivity index (χ1) is 10.2. The van der Waals surface area contributed by atoms with Crippen LogP contribution >= 0.6 is 0 Å². The predicted molar refractivity (Wildman–Crippen MR) is 80.1 cm³/mol. The zero-order valence-corrected chi connectivity index (χ0v) is 12.1. The number of rotatable bonds is 4. The summed E-state index contributed by atoms with van der Waals surface area (Å²) in [6, 6.07) is 12.8. The Morgan fingerprint density at radius 2 is 2.14 bits per heavy atom. The fourth-order valence-electron chi connectivity index (χ4n) is 2.98. The average Bonchev–Trinajstić information content (AvgIpc) is 2.86. The summed E-state index contributed by atoms with van der Waals surface area (Å²) in [6.07, 6.45) is 1.44. The van der Waals surface area contributed by atoms with Gasteiger partial charge in [0.05, 0.1) is 6.61 Å². The molecular weight excluding hydrogens is 267 g/mol. The molecule has 0 radical (unpaired) electrons. The fraction of sp³-hybridized carbons (Fsp3) is 0.333. The topological polar surface area (TPSA) is 29.5 Å². The number of aryl methyl sites for hydroxylation is 1. The van der Waals surface area contributed by atoms with Gasteiger partial charge in [0.1, 0.15) is 17.7 Å². The van der Waals surface area contributed by atoms with Crippen molar-refractivity contribution in [2.24, 2.45) is 0 Å². The van der Waals surface area contributed by atoms with E-state index in [4.69, 9.17) is 4.74 Å². The lowest BCUT2D eigenvalue weighted by molar-refractivity contribution is 0.179. The van der Waals surface area contributed by atoms with Gasteiger partial charge in [0.15, 0.2) is 0 Å². The first-order valence-electron chi connectivity index (χ1n) is 7.28. The minimum atomic E-state index is -0.226. The van der Waals surface area contributed by atoms with E-state index >= 15 is 0 Å². The molecule has 1 heterocycles. The van der Waals surface area contributed by atoms with Crippen molar-refractivity contribution in [1.82, 2.24) is 0 Å². The number of halogens is 1. The molecule has 1 aliphatic rings. The van der Waals surface area contributed by atoms with Crippen molar-refractivity contribution in [3.8, 4) is 5.75 Å². The second-order valence-corrected chi connectivity index (χ2v) is 5.73. The van der Waals surface area contributed by atoms with E-state index in [-0.39, 0.29) is 24.4 Å².